The third-order valence-electron chi connectivity index (χ3n) is 3.70. The number of hydrogen-bond donors (Lipinski definition) is 1. The second-order valence-electron chi connectivity index (χ2n) is 5.11. The molecule has 1 saturated heterocycles. The van der Waals surface area contributed by atoms with Crippen LogP contribution in [0.4, 0.5) is 0 Å². The fraction of sp³-hybridized carbons (Fsp3) is 0.571. The Balaban J connectivity index is 2.20. The lowest BCUT2D eigenvalue weighted by Gasteiger charge is -2.15. The summed E-state index contributed by atoms with van der Waals surface area (Å²) in [5.41, 5.74) is 2.37. The van der Waals surface area contributed by atoms with Gasteiger partial charge in [0.25, 0.3) is 0 Å². The Morgan fingerprint density at radius 3 is 2.82 bits per heavy atom. The molecule has 2 unspecified atom stereocenters. The largest absolute Gasteiger partial charge is 0.396 e. The Kier molecular flexibility index (Phi) is 4.08. The van der Waals surface area contributed by atoms with Crippen LogP contribution in [0.1, 0.15) is 36.3 Å². The van der Waals surface area contributed by atoms with Crippen molar-refractivity contribution in [1.29, 1.82) is 0 Å². The van der Waals surface area contributed by atoms with Crippen molar-refractivity contribution >= 4 is 11.6 Å². The molecule has 1 heterocycles. The minimum Gasteiger partial charge on any atom is -0.396 e. The minimum atomic E-state index is 0.160. The topological polar surface area (TPSA) is 23.5 Å². The second kappa shape index (κ2) is 5.38. The smallest absolute Gasteiger partial charge is 0.0497 e. The fourth-order valence-electron chi connectivity index (χ4n) is 2.48. The molecular weight excluding hydrogens is 234 g/mol. The molecule has 0 spiro atoms. The van der Waals surface area contributed by atoms with Crippen molar-refractivity contribution in [3.8, 4) is 0 Å². The van der Waals surface area contributed by atoms with Crippen LogP contribution in [0.5, 0.6) is 0 Å². The lowest BCUT2D eigenvalue weighted by atomic mass is 9.94. The molecule has 0 aromatic heterocycles. The molecule has 3 heteroatoms. The first kappa shape index (κ1) is 12.9. The third-order valence-corrected chi connectivity index (χ3v) is 4.03. The van der Waals surface area contributed by atoms with E-state index < -0.39 is 0 Å². The van der Waals surface area contributed by atoms with E-state index in [0.717, 1.165) is 23.7 Å². The average Bonchev–Trinajstić information content (AvgIpc) is 2.74. The maximum atomic E-state index is 9.14. The molecule has 1 aliphatic heterocycles. The van der Waals surface area contributed by atoms with E-state index in [1.54, 1.807) is 0 Å². The predicted octanol–water partition coefficient (Wildman–Crippen LogP) is 2.85. The van der Waals surface area contributed by atoms with Gasteiger partial charge in [-0.05, 0) is 43.1 Å². The number of halogens is 1. The van der Waals surface area contributed by atoms with E-state index in [2.05, 4.69) is 24.1 Å². The summed E-state index contributed by atoms with van der Waals surface area (Å²) < 4.78 is 0. The van der Waals surface area contributed by atoms with Gasteiger partial charge in [-0.3, -0.25) is 0 Å². The van der Waals surface area contributed by atoms with Crippen molar-refractivity contribution in [3.63, 3.8) is 0 Å². The van der Waals surface area contributed by atoms with Crippen LogP contribution in [0.25, 0.3) is 0 Å². The molecule has 94 valence electrons. The quantitative estimate of drug-likeness (QED) is 0.896. The van der Waals surface area contributed by atoms with Gasteiger partial charge in [0.1, 0.15) is 0 Å². The highest BCUT2D eigenvalue weighted by Gasteiger charge is 2.23. The van der Waals surface area contributed by atoms with Gasteiger partial charge in [0.2, 0.25) is 0 Å². The van der Waals surface area contributed by atoms with Gasteiger partial charge in [0.05, 0.1) is 0 Å². The second-order valence-corrected chi connectivity index (χ2v) is 5.52. The lowest BCUT2D eigenvalue weighted by Crippen LogP contribution is -2.13. The van der Waals surface area contributed by atoms with Crippen LogP contribution in [0, 0.1) is 0 Å². The van der Waals surface area contributed by atoms with Crippen molar-refractivity contribution < 1.29 is 5.11 Å². The molecule has 1 aromatic rings. The van der Waals surface area contributed by atoms with Crippen LogP contribution in [0.2, 0.25) is 5.02 Å². The molecular formula is C14H20ClNO. The van der Waals surface area contributed by atoms with Gasteiger partial charge in [-0.25, -0.2) is 0 Å². The predicted molar refractivity (Wildman–Crippen MR) is 71.8 cm³/mol. The Hall–Kier alpha value is -0.570. The number of aliphatic hydroxyl groups excluding tert-OH is 1. The van der Waals surface area contributed by atoms with Crippen LogP contribution < -0.4 is 0 Å². The first-order chi connectivity index (χ1) is 8.11. The van der Waals surface area contributed by atoms with Crippen molar-refractivity contribution in [2.45, 2.75) is 25.2 Å². The molecule has 2 rings (SSSR count). The summed E-state index contributed by atoms with van der Waals surface area (Å²) in [5, 5.41) is 9.99. The standard InChI is InChI=1S/C14H20ClNO/c1-10(9-17)11-3-4-13(14(15)7-11)12-5-6-16(2)8-12/h3-4,7,10,12,17H,5-6,8-9H2,1-2H3. The van der Waals surface area contributed by atoms with E-state index in [1.165, 1.54) is 12.0 Å². The molecule has 0 bridgehead atoms. The van der Waals surface area contributed by atoms with E-state index >= 15 is 0 Å². The Morgan fingerprint density at radius 2 is 2.29 bits per heavy atom. The summed E-state index contributed by atoms with van der Waals surface area (Å²) >= 11 is 6.36. The van der Waals surface area contributed by atoms with E-state index in [1.807, 2.05) is 13.0 Å². The molecule has 0 radical (unpaired) electrons. The highest BCUT2D eigenvalue weighted by atomic mass is 35.5. The number of nitrogens with zero attached hydrogens (tertiary/aromatic N) is 1. The number of aliphatic hydroxyl groups is 1. The number of benzene rings is 1. The van der Waals surface area contributed by atoms with Gasteiger partial charge in [0, 0.05) is 24.1 Å². The molecule has 1 aromatic carbocycles. The van der Waals surface area contributed by atoms with Crippen LogP contribution in [-0.2, 0) is 0 Å². The molecule has 0 aliphatic carbocycles. The zero-order valence-electron chi connectivity index (χ0n) is 10.5. The van der Waals surface area contributed by atoms with Crippen LogP contribution in [0.15, 0.2) is 18.2 Å². The molecule has 2 atom stereocenters. The summed E-state index contributed by atoms with van der Waals surface area (Å²) in [6, 6.07) is 6.24. The average molecular weight is 254 g/mol. The lowest BCUT2D eigenvalue weighted by molar-refractivity contribution is 0.273. The van der Waals surface area contributed by atoms with Crippen molar-refractivity contribution in [2.75, 3.05) is 26.7 Å². The monoisotopic (exact) mass is 253 g/mol. The maximum absolute atomic E-state index is 9.14. The molecule has 1 fully saturated rings. The number of likely N-dealkylation sites (N-methyl/N-ethyl adjacent to an activating group) is 1. The molecule has 1 aliphatic rings. The number of rotatable bonds is 3. The van der Waals surface area contributed by atoms with Crippen LogP contribution in [-0.4, -0.2) is 36.8 Å². The van der Waals surface area contributed by atoms with Gasteiger partial charge in [-0.1, -0.05) is 30.7 Å². The van der Waals surface area contributed by atoms with Gasteiger partial charge in [-0.15, -0.1) is 0 Å². The highest BCUT2D eigenvalue weighted by molar-refractivity contribution is 6.31. The maximum Gasteiger partial charge on any atom is 0.0497 e. The van der Waals surface area contributed by atoms with E-state index in [9.17, 15) is 0 Å². The summed E-state index contributed by atoms with van der Waals surface area (Å²) in [6.07, 6.45) is 1.19. The summed E-state index contributed by atoms with van der Waals surface area (Å²) in [4.78, 5) is 2.34. The summed E-state index contributed by atoms with van der Waals surface area (Å²) in [5.74, 6) is 0.721. The van der Waals surface area contributed by atoms with Gasteiger partial charge >= 0.3 is 0 Å². The van der Waals surface area contributed by atoms with Gasteiger partial charge < -0.3 is 10.0 Å². The molecule has 17 heavy (non-hydrogen) atoms. The molecule has 0 amide bonds. The molecule has 0 saturated carbocycles. The Labute approximate surface area is 108 Å². The minimum absolute atomic E-state index is 0.160. The van der Waals surface area contributed by atoms with Crippen LogP contribution in [0.3, 0.4) is 0 Å². The zero-order chi connectivity index (χ0) is 12.4. The Morgan fingerprint density at radius 1 is 1.53 bits per heavy atom. The first-order valence-electron chi connectivity index (χ1n) is 6.20. The first-order valence-corrected chi connectivity index (χ1v) is 6.58. The summed E-state index contributed by atoms with van der Waals surface area (Å²) in [7, 11) is 2.15. The van der Waals surface area contributed by atoms with Crippen molar-refractivity contribution in [1.82, 2.24) is 4.90 Å². The highest BCUT2D eigenvalue weighted by Crippen LogP contribution is 2.33. The van der Waals surface area contributed by atoms with Crippen molar-refractivity contribution in [3.05, 3.63) is 34.3 Å². The third kappa shape index (κ3) is 2.82. The Bertz CT molecular complexity index is 394. The molecule has 2 nitrogen and oxygen atoms in total. The number of likely N-dealkylation sites (tertiary alicyclic amines) is 1. The fourth-order valence-corrected chi connectivity index (χ4v) is 2.82. The summed E-state index contributed by atoms with van der Waals surface area (Å²) in [6.45, 7) is 4.42. The SMILES string of the molecule is CC(CO)c1ccc(C2CCN(C)C2)c(Cl)c1. The van der Waals surface area contributed by atoms with Gasteiger partial charge in [0.15, 0.2) is 0 Å². The van der Waals surface area contributed by atoms with E-state index in [-0.39, 0.29) is 12.5 Å². The zero-order valence-corrected chi connectivity index (χ0v) is 11.2. The van der Waals surface area contributed by atoms with Crippen molar-refractivity contribution in [2.24, 2.45) is 0 Å². The normalized spacial score (nSPS) is 22.9. The molecule has 1 N–H and O–H groups in total. The van der Waals surface area contributed by atoms with Gasteiger partial charge in [-0.2, -0.15) is 0 Å². The van der Waals surface area contributed by atoms with E-state index in [4.69, 9.17) is 16.7 Å². The number of hydrogen-bond acceptors (Lipinski definition) is 2. The van der Waals surface area contributed by atoms with E-state index in [0.29, 0.717) is 5.92 Å². The van der Waals surface area contributed by atoms with Crippen LogP contribution >= 0.6 is 11.6 Å².